The highest BCUT2D eigenvalue weighted by Gasteiger charge is 2.28. The molecule has 3 heterocycles. The molecule has 0 saturated carbocycles. The van der Waals surface area contributed by atoms with Gasteiger partial charge in [0.1, 0.15) is 21.2 Å². The second kappa shape index (κ2) is 5.46. The number of aromatic nitrogens is 3. The molecule has 1 saturated heterocycles. The van der Waals surface area contributed by atoms with Crippen LogP contribution in [0, 0.1) is 0 Å². The summed E-state index contributed by atoms with van der Waals surface area (Å²) >= 11 is 5.99. The molecule has 0 bridgehead atoms. The molecule has 21 heavy (non-hydrogen) atoms. The molecule has 1 fully saturated rings. The van der Waals surface area contributed by atoms with Gasteiger partial charge in [0.2, 0.25) is 5.88 Å². The minimum absolute atomic E-state index is 0.0619. The highest BCUT2D eigenvalue weighted by Crippen LogP contribution is 2.30. The predicted octanol–water partition coefficient (Wildman–Crippen LogP) is 1.93. The van der Waals surface area contributed by atoms with Crippen molar-refractivity contribution in [3.8, 4) is 5.88 Å². The predicted molar refractivity (Wildman–Crippen MR) is 80.6 cm³/mol. The van der Waals surface area contributed by atoms with Crippen LogP contribution < -0.4 is 4.74 Å². The van der Waals surface area contributed by atoms with Crippen LogP contribution in [0.2, 0.25) is 0 Å². The van der Waals surface area contributed by atoms with Crippen molar-refractivity contribution in [1.29, 1.82) is 0 Å². The van der Waals surface area contributed by atoms with Crippen molar-refractivity contribution in [2.45, 2.75) is 24.8 Å². The standard InChI is InChI=1S/C13H16ClN3O3S/c1-20-12-3-2-10-13(16-12)17(11(8-14)15-10)9-4-6-21(18,19)7-5-9/h2-3,9H,4-8H2,1H3. The van der Waals surface area contributed by atoms with Gasteiger partial charge in [0, 0.05) is 12.1 Å². The number of pyridine rings is 1. The molecule has 2 aromatic rings. The lowest BCUT2D eigenvalue weighted by atomic mass is 10.1. The molecule has 0 aliphatic carbocycles. The lowest BCUT2D eigenvalue weighted by Crippen LogP contribution is -2.26. The number of alkyl halides is 1. The van der Waals surface area contributed by atoms with Gasteiger partial charge in [-0.15, -0.1) is 11.6 Å². The normalized spacial score (nSPS) is 19.0. The number of ether oxygens (including phenoxy) is 1. The van der Waals surface area contributed by atoms with E-state index in [9.17, 15) is 8.42 Å². The third-order valence-corrected chi connectivity index (χ3v) is 5.76. The van der Waals surface area contributed by atoms with Crippen LogP contribution in [0.5, 0.6) is 5.88 Å². The lowest BCUT2D eigenvalue weighted by molar-refractivity contribution is 0.397. The molecule has 8 heteroatoms. The van der Waals surface area contributed by atoms with Crippen LogP contribution in [0.1, 0.15) is 24.7 Å². The van der Waals surface area contributed by atoms with Crippen molar-refractivity contribution in [3.63, 3.8) is 0 Å². The van der Waals surface area contributed by atoms with E-state index in [1.54, 1.807) is 13.2 Å². The maximum Gasteiger partial charge on any atom is 0.215 e. The van der Waals surface area contributed by atoms with Crippen molar-refractivity contribution in [2.75, 3.05) is 18.6 Å². The summed E-state index contributed by atoms with van der Waals surface area (Å²) in [5, 5.41) is 0. The Morgan fingerprint density at radius 3 is 2.67 bits per heavy atom. The monoisotopic (exact) mass is 329 g/mol. The molecule has 1 aliphatic rings. The number of methoxy groups -OCH3 is 1. The van der Waals surface area contributed by atoms with Crippen LogP contribution in [-0.4, -0.2) is 41.6 Å². The Bertz CT molecular complexity index is 758. The Balaban J connectivity index is 2.07. The van der Waals surface area contributed by atoms with Gasteiger partial charge < -0.3 is 9.30 Å². The van der Waals surface area contributed by atoms with E-state index in [0.717, 1.165) is 11.3 Å². The Labute approximate surface area is 128 Å². The SMILES string of the molecule is COc1ccc2nc(CCl)n(C3CCS(=O)(=O)CC3)c2n1. The molecule has 3 rings (SSSR count). The third-order valence-electron chi connectivity index (χ3n) is 3.80. The van der Waals surface area contributed by atoms with Crippen LogP contribution in [-0.2, 0) is 15.7 Å². The Morgan fingerprint density at radius 2 is 2.05 bits per heavy atom. The minimum Gasteiger partial charge on any atom is -0.481 e. The average Bonchev–Trinajstić information content (AvgIpc) is 2.85. The molecule has 0 amide bonds. The number of sulfone groups is 1. The van der Waals surface area contributed by atoms with Gasteiger partial charge in [-0.1, -0.05) is 0 Å². The van der Waals surface area contributed by atoms with Gasteiger partial charge in [-0.2, -0.15) is 4.98 Å². The van der Waals surface area contributed by atoms with Gasteiger partial charge in [-0.25, -0.2) is 13.4 Å². The smallest absolute Gasteiger partial charge is 0.215 e. The number of hydrogen-bond donors (Lipinski definition) is 0. The molecular weight excluding hydrogens is 314 g/mol. The van der Waals surface area contributed by atoms with Crippen molar-refractivity contribution in [1.82, 2.24) is 14.5 Å². The molecule has 6 nitrogen and oxygen atoms in total. The fourth-order valence-electron chi connectivity index (χ4n) is 2.73. The van der Waals surface area contributed by atoms with E-state index >= 15 is 0 Å². The van der Waals surface area contributed by atoms with Gasteiger partial charge >= 0.3 is 0 Å². The van der Waals surface area contributed by atoms with E-state index in [2.05, 4.69) is 9.97 Å². The molecule has 0 aromatic carbocycles. The van der Waals surface area contributed by atoms with Crippen LogP contribution in [0.3, 0.4) is 0 Å². The molecule has 2 aromatic heterocycles. The molecule has 0 unspecified atom stereocenters. The van der Waals surface area contributed by atoms with Crippen LogP contribution >= 0.6 is 11.6 Å². The number of halogens is 1. The van der Waals surface area contributed by atoms with Gasteiger partial charge in [0.15, 0.2) is 5.65 Å². The summed E-state index contributed by atoms with van der Waals surface area (Å²) in [6.45, 7) is 0. The van der Waals surface area contributed by atoms with Gasteiger partial charge in [0.05, 0.1) is 24.5 Å². The summed E-state index contributed by atoms with van der Waals surface area (Å²) in [7, 11) is -1.34. The molecule has 0 atom stereocenters. The second-order valence-electron chi connectivity index (χ2n) is 5.11. The van der Waals surface area contributed by atoms with E-state index in [-0.39, 0.29) is 23.4 Å². The first-order chi connectivity index (χ1) is 10.0. The fraction of sp³-hybridized carbons (Fsp3) is 0.538. The first-order valence-electron chi connectivity index (χ1n) is 6.72. The quantitative estimate of drug-likeness (QED) is 0.804. The minimum atomic E-state index is -2.90. The van der Waals surface area contributed by atoms with Gasteiger partial charge in [-0.3, -0.25) is 0 Å². The maximum atomic E-state index is 11.6. The summed E-state index contributed by atoms with van der Waals surface area (Å²) in [4.78, 5) is 8.93. The van der Waals surface area contributed by atoms with E-state index in [0.29, 0.717) is 24.4 Å². The topological polar surface area (TPSA) is 74.1 Å². The Kier molecular flexibility index (Phi) is 3.79. The number of hydrogen-bond acceptors (Lipinski definition) is 5. The van der Waals surface area contributed by atoms with Gasteiger partial charge in [-0.05, 0) is 18.9 Å². The summed E-state index contributed by atoms with van der Waals surface area (Å²) in [5.74, 6) is 1.89. The van der Waals surface area contributed by atoms with Crippen LogP contribution in [0.15, 0.2) is 12.1 Å². The van der Waals surface area contributed by atoms with Crippen molar-refractivity contribution in [3.05, 3.63) is 18.0 Å². The highest BCUT2D eigenvalue weighted by atomic mass is 35.5. The van der Waals surface area contributed by atoms with Crippen LogP contribution in [0.25, 0.3) is 11.2 Å². The van der Waals surface area contributed by atoms with E-state index in [1.165, 1.54) is 0 Å². The molecule has 0 radical (unpaired) electrons. The summed E-state index contributed by atoms with van der Waals surface area (Å²) in [5.41, 5.74) is 1.45. The number of rotatable bonds is 3. The Hall–Kier alpha value is -1.34. The van der Waals surface area contributed by atoms with E-state index in [1.807, 2.05) is 10.6 Å². The lowest BCUT2D eigenvalue weighted by Gasteiger charge is -2.24. The molecular formula is C13H16ClN3O3S. The van der Waals surface area contributed by atoms with Crippen molar-refractivity contribution >= 4 is 32.6 Å². The molecule has 114 valence electrons. The fourth-order valence-corrected chi connectivity index (χ4v) is 4.39. The largest absolute Gasteiger partial charge is 0.481 e. The van der Waals surface area contributed by atoms with Gasteiger partial charge in [0.25, 0.3) is 0 Å². The summed E-state index contributed by atoms with van der Waals surface area (Å²) < 4.78 is 30.3. The van der Waals surface area contributed by atoms with E-state index in [4.69, 9.17) is 16.3 Å². The maximum absolute atomic E-state index is 11.6. The van der Waals surface area contributed by atoms with Crippen LogP contribution in [0.4, 0.5) is 0 Å². The molecule has 1 aliphatic heterocycles. The molecule has 0 spiro atoms. The van der Waals surface area contributed by atoms with Crippen molar-refractivity contribution in [2.24, 2.45) is 0 Å². The zero-order chi connectivity index (χ0) is 15.0. The first-order valence-corrected chi connectivity index (χ1v) is 9.08. The average molecular weight is 330 g/mol. The second-order valence-corrected chi connectivity index (χ2v) is 7.68. The molecule has 0 N–H and O–H groups in total. The Morgan fingerprint density at radius 1 is 1.33 bits per heavy atom. The summed E-state index contributed by atoms with van der Waals surface area (Å²) in [6, 6.07) is 3.66. The number of nitrogens with zero attached hydrogens (tertiary/aromatic N) is 3. The number of imidazole rings is 1. The highest BCUT2D eigenvalue weighted by molar-refractivity contribution is 7.91. The third kappa shape index (κ3) is 2.72. The zero-order valence-electron chi connectivity index (χ0n) is 11.6. The van der Waals surface area contributed by atoms with E-state index < -0.39 is 9.84 Å². The number of fused-ring (bicyclic) bond motifs is 1. The first kappa shape index (κ1) is 14.6. The zero-order valence-corrected chi connectivity index (χ0v) is 13.2. The summed E-state index contributed by atoms with van der Waals surface area (Å²) in [6.07, 6.45) is 1.13. The van der Waals surface area contributed by atoms with Crippen molar-refractivity contribution < 1.29 is 13.2 Å².